The van der Waals surface area contributed by atoms with Crippen molar-refractivity contribution in [1.29, 1.82) is 0 Å². The van der Waals surface area contributed by atoms with Gasteiger partial charge in [-0.3, -0.25) is 4.90 Å². The first-order chi connectivity index (χ1) is 15.5. The number of aromatic nitrogens is 1. The molecule has 4 aliphatic rings. The number of piperidine rings is 1. The average molecular weight is 454 g/mol. The first-order valence-corrected chi connectivity index (χ1v) is 13.2. The molecule has 172 valence electrons. The maximum absolute atomic E-state index is 12.5. The number of nitrogens with zero attached hydrogens (tertiary/aromatic N) is 3. The van der Waals surface area contributed by atoms with E-state index in [2.05, 4.69) is 33.2 Å². The summed E-state index contributed by atoms with van der Waals surface area (Å²) < 4.78 is 4.58. The lowest BCUT2D eigenvalue weighted by Gasteiger charge is -2.61. The van der Waals surface area contributed by atoms with Gasteiger partial charge in [-0.15, -0.1) is 0 Å². The predicted octanol–water partition coefficient (Wildman–Crippen LogP) is 3.50. The number of phenols is 1. The number of benzene rings is 1. The Morgan fingerprint density at radius 2 is 1.94 bits per heavy atom. The van der Waals surface area contributed by atoms with Gasteiger partial charge < -0.3 is 15.1 Å². The number of aryl methyl sites for hydroxylation is 1. The minimum atomic E-state index is -0.729. The molecule has 2 saturated heterocycles. The molecule has 2 N–H and O–H groups in total. The quantitative estimate of drug-likeness (QED) is 0.726. The Morgan fingerprint density at radius 3 is 2.72 bits per heavy atom. The minimum Gasteiger partial charge on any atom is -0.508 e. The molecule has 3 heterocycles. The zero-order valence-corrected chi connectivity index (χ0v) is 19.9. The fourth-order valence-electron chi connectivity index (χ4n) is 6.94. The Balaban J connectivity index is 1.31. The molecule has 2 aliphatic carbocycles. The van der Waals surface area contributed by atoms with Gasteiger partial charge in [0.2, 0.25) is 0 Å². The third-order valence-corrected chi connectivity index (χ3v) is 9.61. The lowest BCUT2D eigenvalue weighted by atomic mass is 9.52. The number of fused-ring (bicyclic) bond motifs is 1. The van der Waals surface area contributed by atoms with E-state index in [1.54, 1.807) is 11.5 Å². The van der Waals surface area contributed by atoms with Crippen molar-refractivity contribution in [2.24, 2.45) is 5.92 Å². The van der Waals surface area contributed by atoms with E-state index in [1.165, 1.54) is 34.5 Å². The van der Waals surface area contributed by atoms with E-state index in [1.807, 2.05) is 12.1 Å². The highest BCUT2D eigenvalue weighted by Crippen LogP contribution is 2.56. The first-order valence-electron chi connectivity index (χ1n) is 12.4. The summed E-state index contributed by atoms with van der Waals surface area (Å²) in [7, 11) is 0. The first kappa shape index (κ1) is 21.1. The van der Waals surface area contributed by atoms with E-state index in [4.69, 9.17) is 0 Å². The number of aromatic hydroxyl groups is 1. The zero-order chi connectivity index (χ0) is 21.9. The van der Waals surface area contributed by atoms with Gasteiger partial charge in [-0.1, -0.05) is 6.07 Å². The minimum absolute atomic E-state index is 0.190. The van der Waals surface area contributed by atoms with E-state index >= 15 is 0 Å². The van der Waals surface area contributed by atoms with E-state index in [9.17, 15) is 10.2 Å². The van der Waals surface area contributed by atoms with Gasteiger partial charge in [-0.05, 0) is 105 Å². The van der Waals surface area contributed by atoms with E-state index in [0.29, 0.717) is 5.75 Å². The Morgan fingerprint density at radius 1 is 1.12 bits per heavy atom. The van der Waals surface area contributed by atoms with Crippen molar-refractivity contribution >= 4 is 11.5 Å². The molecule has 1 aromatic carbocycles. The number of hydrogen-bond acceptors (Lipinski definition) is 6. The number of hydrogen-bond donors (Lipinski definition) is 2. The molecule has 5 nitrogen and oxygen atoms in total. The lowest BCUT2D eigenvalue weighted by Crippen LogP contribution is -2.71. The van der Waals surface area contributed by atoms with Crippen molar-refractivity contribution in [1.82, 2.24) is 14.2 Å². The van der Waals surface area contributed by atoms with Crippen LogP contribution in [0.2, 0.25) is 0 Å². The smallest absolute Gasteiger partial charge is 0.115 e. The molecule has 0 spiro atoms. The standard InChI is InChI=1S/C26H35N3O2S/c1-18-14-21(27-32-18)6-10-28-11-7-25-8-13-29(17-19-2-3-19)24(26(25,31)9-12-28)15-20-4-5-22(30)16-23(20)25/h4-5,14,16,19,24,30-31H,2-3,6-13,15,17H2,1H3/t24-,25+,26-/m1/s1. The Hall–Kier alpha value is -1.47. The fraction of sp³-hybridized carbons (Fsp3) is 0.654. The highest BCUT2D eigenvalue weighted by atomic mass is 32.1. The fourth-order valence-corrected chi connectivity index (χ4v) is 7.54. The van der Waals surface area contributed by atoms with Crippen molar-refractivity contribution in [3.63, 3.8) is 0 Å². The Bertz CT molecular complexity index is 1000. The van der Waals surface area contributed by atoms with Crippen LogP contribution in [0.1, 0.15) is 53.8 Å². The molecule has 1 saturated carbocycles. The Kier molecular flexibility index (Phi) is 5.14. The normalized spacial score (nSPS) is 32.9. The van der Waals surface area contributed by atoms with Gasteiger partial charge in [-0.25, -0.2) is 0 Å². The molecule has 0 amide bonds. The van der Waals surface area contributed by atoms with Crippen molar-refractivity contribution in [2.45, 2.75) is 68.9 Å². The number of phenolic OH excluding ortho intramolecular Hbond substituents is 1. The van der Waals surface area contributed by atoms with Gasteiger partial charge in [0.05, 0.1) is 11.3 Å². The van der Waals surface area contributed by atoms with Crippen molar-refractivity contribution in [2.75, 3.05) is 32.7 Å². The van der Waals surface area contributed by atoms with Crippen LogP contribution < -0.4 is 0 Å². The van der Waals surface area contributed by atoms with Crippen LogP contribution in [0.25, 0.3) is 0 Å². The second-order valence-corrected chi connectivity index (χ2v) is 11.8. The molecule has 3 fully saturated rings. The van der Waals surface area contributed by atoms with Crippen LogP contribution in [0, 0.1) is 12.8 Å². The second kappa shape index (κ2) is 7.79. The summed E-state index contributed by atoms with van der Waals surface area (Å²) in [6, 6.07) is 8.32. The molecule has 2 aliphatic heterocycles. The molecule has 0 radical (unpaired) electrons. The van der Waals surface area contributed by atoms with Gasteiger partial charge in [0.1, 0.15) is 5.75 Å². The summed E-state index contributed by atoms with van der Waals surface area (Å²) in [6.07, 6.45) is 7.33. The van der Waals surface area contributed by atoms with Gasteiger partial charge in [-0.2, -0.15) is 4.37 Å². The summed E-state index contributed by atoms with van der Waals surface area (Å²) in [5.74, 6) is 1.16. The summed E-state index contributed by atoms with van der Waals surface area (Å²) in [6.45, 7) is 7.25. The molecule has 2 aromatic rings. The monoisotopic (exact) mass is 453 g/mol. The predicted molar refractivity (Wildman–Crippen MR) is 127 cm³/mol. The molecule has 2 bridgehead atoms. The summed E-state index contributed by atoms with van der Waals surface area (Å²) in [5, 5.41) is 22.9. The van der Waals surface area contributed by atoms with Crippen LogP contribution in [0.3, 0.4) is 0 Å². The highest BCUT2D eigenvalue weighted by Gasteiger charge is 2.63. The largest absolute Gasteiger partial charge is 0.508 e. The molecular formula is C26H35N3O2S. The maximum Gasteiger partial charge on any atom is 0.115 e. The molecule has 0 unspecified atom stereocenters. The van der Waals surface area contributed by atoms with E-state index in [0.717, 1.165) is 70.7 Å². The van der Waals surface area contributed by atoms with Crippen molar-refractivity contribution < 1.29 is 10.2 Å². The van der Waals surface area contributed by atoms with Gasteiger partial charge in [0, 0.05) is 42.4 Å². The SMILES string of the molecule is Cc1cc(CCN2CC[C@]34CCN(CC5CC5)[C@H](Cc5ccc(O)cc53)[C@]4(O)CC2)ns1. The maximum atomic E-state index is 12.5. The third kappa shape index (κ3) is 3.42. The van der Waals surface area contributed by atoms with Crippen molar-refractivity contribution in [3.8, 4) is 5.75 Å². The summed E-state index contributed by atoms with van der Waals surface area (Å²) in [5.41, 5.74) is 2.77. The van der Waals surface area contributed by atoms with E-state index in [-0.39, 0.29) is 11.5 Å². The molecule has 3 atom stereocenters. The van der Waals surface area contributed by atoms with Crippen molar-refractivity contribution in [3.05, 3.63) is 46.0 Å². The topological polar surface area (TPSA) is 59.8 Å². The third-order valence-electron chi connectivity index (χ3n) is 8.88. The molecule has 1 aromatic heterocycles. The summed E-state index contributed by atoms with van der Waals surface area (Å²) >= 11 is 1.59. The number of likely N-dealkylation sites (tertiary alicyclic amines) is 2. The highest BCUT2D eigenvalue weighted by molar-refractivity contribution is 7.05. The average Bonchev–Trinajstić information content (AvgIpc) is 3.52. The number of aliphatic hydroxyl groups is 1. The zero-order valence-electron chi connectivity index (χ0n) is 19.1. The molecule has 32 heavy (non-hydrogen) atoms. The molecular weight excluding hydrogens is 418 g/mol. The van der Waals surface area contributed by atoms with Crippen LogP contribution >= 0.6 is 11.5 Å². The second-order valence-electron chi connectivity index (χ2n) is 10.8. The van der Waals surface area contributed by atoms with Gasteiger partial charge in [0.15, 0.2) is 0 Å². The van der Waals surface area contributed by atoms with Crippen LogP contribution in [0.15, 0.2) is 24.3 Å². The number of rotatable bonds is 5. The summed E-state index contributed by atoms with van der Waals surface area (Å²) in [4.78, 5) is 6.44. The Labute approximate surface area is 195 Å². The van der Waals surface area contributed by atoms with Gasteiger partial charge in [0.25, 0.3) is 0 Å². The molecule has 6 heteroatoms. The van der Waals surface area contributed by atoms with Gasteiger partial charge >= 0.3 is 0 Å². The van der Waals surface area contributed by atoms with E-state index < -0.39 is 5.60 Å². The van der Waals surface area contributed by atoms with Crippen LogP contribution in [0.5, 0.6) is 5.75 Å². The van der Waals surface area contributed by atoms with Crippen LogP contribution in [-0.2, 0) is 18.3 Å². The van der Waals surface area contributed by atoms with Crippen LogP contribution in [-0.4, -0.2) is 68.8 Å². The lowest BCUT2D eigenvalue weighted by molar-refractivity contribution is -0.149. The van der Waals surface area contributed by atoms with Crippen LogP contribution in [0.4, 0.5) is 0 Å². The molecule has 6 rings (SSSR count).